The number of hydrogen-bond donors (Lipinski definition) is 0. The zero-order valence-corrected chi connectivity index (χ0v) is 20.0. The number of rotatable bonds is 9. The lowest BCUT2D eigenvalue weighted by Gasteiger charge is -2.21. The van der Waals surface area contributed by atoms with E-state index in [1.165, 1.54) is 11.3 Å². The number of fused-ring (bicyclic) bond motifs is 1. The average Bonchev–Trinajstić information content (AvgIpc) is 3.18. The SMILES string of the molecule is CCSc1ccc(C(=O)N(CCCN(C)C)c2nc3c(OC)ccc(Cl)c3s2)cc1. The molecule has 8 heteroatoms. The summed E-state index contributed by atoms with van der Waals surface area (Å²) in [5.41, 5.74) is 1.34. The van der Waals surface area contributed by atoms with Crippen LogP contribution in [0.25, 0.3) is 10.2 Å². The zero-order chi connectivity index (χ0) is 21.7. The predicted molar refractivity (Wildman–Crippen MR) is 129 cm³/mol. The van der Waals surface area contributed by atoms with Crippen LogP contribution in [0.15, 0.2) is 41.3 Å². The highest BCUT2D eigenvalue weighted by Gasteiger charge is 2.23. The summed E-state index contributed by atoms with van der Waals surface area (Å²) in [5, 5.41) is 1.24. The monoisotopic (exact) mass is 463 g/mol. The minimum absolute atomic E-state index is 0.0593. The van der Waals surface area contributed by atoms with Crippen molar-refractivity contribution in [2.45, 2.75) is 18.2 Å². The highest BCUT2D eigenvalue weighted by Crippen LogP contribution is 2.39. The molecule has 2 aromatic carbocycles. The quantitative estimate of drug-likeness (QED) is 0.382. The number of benzene rings is 2. The number of aromatic nitrogens is 1. The van der Waals surface area contributed by atoms with Gasteiger partial charge in [-0.2, -0.15) is 0 Å². The van der Waals surface area contributed by atoms with Gasteiger partial charge < -0.3 is 9.64 Å². The first-order valence-electron chi connectivity index (χ1n) is 9.77. The third kappa shape index (κ3) is 5.27. The molecule has 0 atom stereocenters. The van der Waals surface area contributed by atoms with Crippen LogP contribution in [-0.4, -0.2) is 55.8 Å². The van der Waals surface area contributed by atoms with E-state index in [4.69, 9.17) is 21.3 Å². The van der Waals surface area contributed by atoms with Crippen LogP contribution in [0.2, 0.25) is 5.02 Å². The van der Waals surface area contributed by atoms with Crippen LogP contribution in [0, 0.1) is 0 Å². The van der Waals surface area contributed by atoms with E-state index in [0.29, 0.717) is 33.5 Å². The molecule has 0 saturated carbocycles. The lowest BCUT2D eigenvalue weighted by molar-refractivity contribution is 0.0986. The number of methoxy groups -OCH3 is 1. The van der Waals surface area contributed by atoms with Gasteiger partial charge in [0.1, 0.15) is 11.3 Å². The number of carbonyl (C=O) groups excluding carboxylic acids is 1. The summed E-state index contributed by atoms with van der Waals surface area (Å²) < 4.78 is 6.27. The number of thiazole rings is 1. The Bertz CT molecular complexity index is 1010. The van der Waals surface area contributed by atoms with Gasteiger partial charge in [-0.1, -0.05) is 29.9 Å². The van der Waals surface area contributed by atoms with Gasteiger partial charge in [-0.3, -0.25) is 9.69 Å². The fourth-order valence-electron chi connectivity index (χ4n) is 3.07. The maximum absolute atomic E-state index is 13.4. The second-order valence-corrected chi connectivity index (χ2v) is 9.72. The van der Waals surface area contributed by atoms with Crippen molar-refractivity contribution in [3.63, 3.8) is 0 Å². The summed E-state index contributed by atoms with van der Waals surface area (Å²) in [6.45, 7) is 3.57. The molecule has 0 radical (unpaired) electrons. The van der Waals surface area contributed by atoms with Crippen LogP contribution in [0.1, 0.15) is 23.7 Å². The fraction of sp³-hybridized carbons (Fsp3) is 0.364. The van der Waals surface area contributed by atoms with Crippen molar-refractivity contribution in [3.05, 3.63) is 47.0 Å². The number of hydrogen-bond acceptors (Lipinski definition) is 6. The van der Waals surface area contributed by atoms with E-state index in [-0.39, 0.29) is 5.91 Å². The molecule has 0 bridgehead atoms. The summed E-state index contributed by atoms with van der Waals surface area (Å²) in [6.07, 6.45) is 0.837. The first kappa shape index (κ1) is 22.9. The Morgan fingerprint density at radius 3 is 2.53 bits per heavy atom. The normalized spacial score (nSPS) is 11.3. The number of carbonyl (C=O) groups is 1. The van der Waals surface area contributed by atoms with Crippen molar-refractivity contribution in [1.29, 1.82) is 0 Å². The number of ether oxygens (including phenoxy) is 1. The Morgan fingerprint density at radius 1 is 1.17 bits per heavy atom. The third-order valence-electron chi connectivity index (χ3n) is 4.54. The third-order valence-corrected chi connectivity index (χ3v) is 6.98. The van der Waals surface area contributed by atoms with Gasteiger partial charge in [-0.15, -0.1) is 11.8 Å². The number of thioether (sulfide) groups is 1. The largest absolute Gasteiger partial charge is 0.494 e. The Balaban J connectivity index is 1.96. The second kappa shape index (κ2) is 10.5. The summed E-state index contributed by atoms with van der Waals surface area (Å²) in [6, 6.07) is 11.4. The standard InChI is InChI=1S/C22H26ClN3O2S2/c1-5-29-16-9-7-15(8-10-16)21(27)26(14-6-13-25(2)3)22-24-19-18(28-4)12-11-17(23)20(19)30-22/h7-12H,5-6,13-14H2,1-4H3. The smallest absolute Gasteiger partial charge is 0.260 e. The Kier molecular flexibility index (Phi) is 7.99. The number of nitrogens with zero attached hydrogens (tertiary/aromatic N) is 3. The average molecular weight is 464 g/mol. The number of anilines is 1. The van der Waals surface area contributed by atoms with Crippen LogP contribution < -0.4 is 9.64 Å². The van der Waals surface area contributed by atoms with Gasteiger partial charge in [0.15, 0.2) is 5.13 Å². The van der Waals surface area contributed by atoms with Gasteiger partial charge in [0.2, 0.25) is 0 Å². The van der Waals surface area contributed by atoms with Gasteiger partial charge >= 0.3 is 0 Å². The lowest BCUT2D eigenvalue weighted by Crippen LogP contribution is -2.33. The maximum atomic E-state index is 13.4. The van der Waals surface area contributed by atoms with Crippen molar-refractivity contribution in [2.75, 3.05) is 44.9 Å². The summed E-state index contributed by atoms with van der Waals surface area (Å²) in [4.78, 5) is 23.2. The molecular weight excluding hydrogens is 438 g/mol. The summed E-state index contributed by atoms with van der Waals surface area (Å²) in [5.74, 6) is 1.59. The van der Waals surface area contributed by atoms with Crippen LogP contribution >= 0.6 is 34.7 Å². The summed E-state index contributed by atoms with van der Waals surface area (Å²) >= 11 is 9.57. The van der Waals surface area contributed by atoms with E-state index < -0.39 is 0 Å². The zero-order valence-electron chi connectivity index (χ0n) is 17.6. The summed E-state index contributed by atoms with van der Waals surface area (Å²) in [7, 11) is 5.66. The molecule has 0 aliphatic rings. The van der Waals surface area contributed by atoms with Crippen LogP contribution in [-0.2, 0) is 0 Å². The fourth-order valence-corrected chi connectivity index (χ4v) is 5.01. The van der Waals surface area contributed by atoms with Crippen LogP contribution in [0.4, 0.5) is 5.13 Å². The van der Waals surface area contributed by atoms with E-state index in [1.807, 2.05) is 38.4 Å². The Morgan fingerprint density at radius 2 is 1.90 bits per heavy atom. The predicted octanol–water partition coefficient (Wildman–Crippen LogP) is 5.67. The molecule has 0 fully saturated rings. The van der Waals surface area contributed by atoms with E-state index in [2.05, 4.69) is 11.8 Å². The molecule has 3 aromatic rings. The van der Waals surface area contributed by atoms with E-state index in [9.17, 15) is 4.79 Å². The van der Waals surface area contributed by atoms with Crippen LogP contribution in [0.5, 0.6) is 5.75 Å². The molecule has 30 heavy (non-hydrogen) atoms. The van der Waals surface area contributed by atoms with Crippen LogP contribution in [0.3, 0.4) is 0 Å². The molecule has 0 aliphatic carbocycles. The topological polar surface area (TPSA) is 45.7 Å². The van der Waals surface area contributed by atoms with Crippen molar-refractivity contribution < 1.29 is 9.53 Å². The Labute approximate surface area is 191 Å². The van der Waals surface area contributed by atoms with Crippen molar-refractivity contribution in [3.8, 4) is 5.75 Å². The molecule has 0 unspecified atom stereocenters. The molecule has 1 amide bonds. The molecule has 160 valence electrons. The lowest BCUT2D eigenvalue weighted by atomic mass is 10.2. The van der Waals surface area contributed by atoms with Crippen molar-refractivity contribution in [2.24, 2.45) is 0 Å². The molecule has 0 spiro atoms. The van der Waals surface area contributed by atoms with E-state index >= 15 is 0 Å². The highest BCUT2D eigenvalue weighted by atomic mass is 35.5. The molecule has 0 N–H and O–H groups in total. The minimum Gasteiger partial charge on any atom is -0.494 e. The molecule has 1 aromatic heterocycles. The second-order valence-electron chi connectivity index (χ2n) is 6.99. The minimum atomic E-state index is -0.0593. The van der Waals surface area contributed by atoms with E-state index in [0.717, 1.165) is 28.3 Å². The highest BCUT2D eigenvalue weighted by molar-refractivity contribution is 7.99. The van der Waals surface area contributed by atoms with Gasteiger partial charge in [0.05, 0.1) is 16.8 Å². The Hall–Kier alpha value is -1.80. The molecular formula is C22H26ClN3O2S2. The van der Waals surface area contributed by atoms with Gasteiger partial charge in [-0.25, -0.2) is 4.98 Å². The van der Waals surface area contributed by atoms with Gasteiger partial charge in [0, 0.05) is 17.0 Å². The number of amides is 1. The first-order valence-corrected chi connectivity index (χ1v) is 11.9. The van der Waals surface area contributed by atoms with Crippen molar-refractivity contribution in [1.82, 2.24) is 9.88 Å². The molecule has 0 aliphatic heterocycles. The molecule has 5 nitrogen and oxygen atoms in total. The van der Waals surface area contributed by atoms with Crippen molar-refractivity contribution >= 4 is 56.0 Å². The van der Waals surface area contributed by atoms with Gasteiger partial charge in [-0.05, 0) is 69.2 Å². The first-order chi connectivity index (χ1) is 14.4. The molecule has 3 rings (SSSR count). The van der Waals surface area contributed by atoms with Gasteiger partial charge in [0.25, 0.3) is 5.91 Å². The molecule has 1 heterocycles. The molecule has 0 saturated heterocycles. The van der Waals surface area contributed by atoms with E-state index in [1.54, 1.807) is 35.9 Å². The number of halogens is 1. The maximum Gasteiger partial charge on any atom is 0.260 e.